The van der Waals surface area contributed by atoms with Crippen molar-refractivity contribution in [1.82, 2.24) is 0 Å². The second kappa shape index (κ2) is 9.71. The molecular weight excluding hydrogens is 433 g/mol. The summed E-state index contributed by atoms with van der Waals surface area (Å²) < 4.78 is 13.5. The van der Waals surface area contributed by atoms with Crippen molar-refractivity contribution in [1.29, 1.82) is 0 Å². The number of nitrogens with zero attached hydrogens (tertiary/aromatic N) is 2. The van der Waals surface area contributed by atoms with Gasteiger partial charge in [-0.1, -0.05) is 18.2 Å². The lowest BCUT2D eigenvalue weighted by Crippen LogP contribution is -2.16. The largest absolute Gasteiger partial charge is 0.325 e. The molecule has 33 heavy (non-hydrogen) atoms. The third kappa shape index (κ3) is 5.57. The van der Waals surface area contributed by atoms with E-state index in [9.17, 15) is 9.18 Å². The number of carbonyl (C=O) groups excluding carboxylic acids is 1. The van der Waals surface area contributed by atoms with E-state index in [1.807, 2.05) is 58.0 Å². The first kappa shape index (κ1) is 22.9. The average Bonchev–Trinajstić information content (AvgIpc) is 2.95. The first-order chi connectivity index (χ1) is 15.8. The van der Waals surface area contributed by atoms with Gasteiger partial charge in [-0.15, -0.1) is 11.8 Å². The molecule has 0 spiro atoms. The third-order valence-corrected chi connectivity index (χ3v) is 6.72. The summed E-state index contributed by atoms with van der Waals surface area (Å²) >= 11 is 1.40. The first-order valence-corrected chi connectivity index (χ1v) is 11.8. The van der Waals surface area contributed by atoms with E-state index in [-0.39, 0.29) is 17.5 Å². The van der Waals surface area contributed by atoms with E-state index in [1.54, 1.807) is 12.1 Å². The number of aliphatic imine (C=N–C) groups is 2. The van der Waals surface area contributed by atoms with Crippen LogP contribution in [0.5, 0.6) is 0 Å². The Morgan fingerprint density at radius 3 is 2.18 bits per heavy atom. The molecular formula is C27H26FN3OS. The average molecular weight is 460 g/mol. The molecule has 0 aliphatic carbocycles. The minimum atomic E-state index is -0.286. The molecule has 168 valence electrons. The van der Waals surface area contributed by atoms with Gasteiger partial charge in [-0.3, -0.25) is 9.79 Å². The first-order valence-electron chi connectivity index (χ1n) is 10.8. The molecule has 4 rings (SSSR count). The van der Waals surface area contributed by atoms with Crippen LogP contribution >= 0.6 is 11.8 Å². The van der Waals surface area contributed by atoms with Gasteiger partial charge in [0.2, 0.25) is 5.91 Å². The van der Waals surface area contributed by atoms with E-state index < -0.39 is 0 Å². The van der Waals surface area contributed by atoms with Gasteiger partial charge in [0, 0.05) is 12.1 Å². The van der Waals surface area contributed by atoms with E-state index in [1.165, 1.54) is 29.5 Å². The van der Waals surface area contributed by atoms with Crippen molar-refractivity contribution in [2.75, 3.05) is 11.1 Å². The summed E-state index contributed by atoms with van der Waals surface area (Å²) in [6, 6.07) is 16.3. The van der Waals surface area contributed by atoms with Crippen LogP contribution in [0.15, 0.2) is 64.6 Å². The minimum absolute atomic E-state index is 0.0872. The number of fused-ring (bicyclic) bond motifs is 1. The zero-order valence-electron chi connectivity index (χ0n) is 19.2. The smallest absolute Gasteiger partial charge is 0.234 e. The third-order valence-electron chi connectivity index (χ3n) is 5.75. The number of hydrogen-bond donors (Lipinski definition) is 1. The van der Waals surface area contributed by atoms with Gasteiger partial charge < -0.3 is 5.32 Å². The highest BCUT2D eigenvalue weighted by molar-refractivity contribution is 8.14. The Kier molecular flexibility index (Phi) is 6.75. The van der Waals surface area contributed by atoms with E-state index >= 15 is 0 Å². The van der Waals surface area contributed by atoms with Crippen LogP contribution in [-0.2, 0) is 4.79 Å². The van der Waals surface area contributed by atoms with Crippen molar-refractivity contribution in [2.45, 2.75) is 34.1 Å². The fraction of sp³-hybridized carbons (Fsp3) is 0.222. The fourth-order valence-electron chi connectivity index (χ4n) is 3.52. The zero-order valence-corrected chi connectivity index (χ0v) is 20.0. The summed E-state index contributed by atoms with van der Waals surface area (Å²) in [6.45, 7) is 8.16. The van der Waals surface area contributed by atoms with Crippen LogP contribution in [0.2, 0.25) is 0 Å². The van der Waals surface area contributed by atoms with Crippen molar-refractivity contribution in [2.24, 2.45) is 9.98 Å². The molecule has 1 aliphatic rings. The Morgan fingerprint density at radius 1 is 0.879 bits per heavy atom. The van der Waals surface area contributed by atoms with Gasteiger partial charge in [-0.25, -0.2) is 9.38 Å². The van der Waals surface area contributed by atoms with Crippen molar-refractivity contribution in [3.63, 3.8) is 0 Å². The molecule has 1 heterocycles. The molecule has 0 saturated heterocycles. The Hall–Kier alpha value is -3.25. The number of rotatable bonds is 4. The van der Waals surface area contributed by atoms with Gasteiger partial charge in [0.15, 0.2) is 0 Å². The summed E-state index contributed by atoms with van der Waals surface area (Å²) in [7, 11) is 0. The highest BCUT2D eigenvalue weighted by Crippen LogP contribution is 2.36. The standard InChI is InChI=1S/C27H26FN3OS/c1-16-5-10-22(11-17(16)2)29-26(32)15-33-27-14-23(20-6-8-21(28)9-7-20)30-24-12-18(3)19(4)13-25(24)31-27/h5-13H,14-15H2,1-4H3,(H,29,32). The molecule has 4 nitrogen and oxygen atoms in total. The molecule has 0 radical (unpaired) electrons. The molecule has 0 fully saturated rings. The highest BCUT2D eigenvalue weighted by atomic mass is 32.2. The molecule has 0 aromatic heterocycles. The summed E-state index contributed by atoms with van der Waals surface area (Å²) in [6.07, 6.45) is 0.472. The maximum absolute atomic E-state index is 13.5. The number of anilines is 1. The van der Waals surface area contributed by atoms with Crippen LogP contribution < -0.4 is 5.32 Å². The number of halogens is 1. The maximum atomic E-state index is 13.5. The summed E-state index contributed by atoms with van der Waals surface area (Å²) in [4.78, 5) is 22.3. The number of benzene rings is 3. The minimum Gasteiger partial charge on any atom is -0.325 e. The second-order valence-electron chi connectivity index (χ2n) is 8.31. The molecule has 1 amide bonds. The second-order valence-corrected chi connectivity index (χ2v) is 9.36. The number of carbonyl (C=O) groups is 1. The lowest BCUT2D eigenvalue weighted by molar-refractivity contribution is -0.113. The Bertz CT molecular complexity index is 1280. The fourth-order valence-corrected chi connectivity index (χ4v) is 4.30. The van der Waals surface area contributed by atoms with Crippen molar-refractivity contribution in [3.8, 4) is 0 Å². The van der Waals surface area contributed by atoms with Crippen molar-refractivity contribution in [3.05, 3.63) is 88.2 Å². The van der Waals surface area contributed by atoms with Gasteiger partial charge in [-0.05, 0) is 91.9 Å². The Balaban J connectivity index is 1.57. The Labute approximate surface area is 198 Å². The van der Waals surface area contributed by atoms with Crippen LogP contribution in [0, 0.1) is 33.5 Å². The predicted molar refractivity (Wildman–Crippen MR) is 137 cm³/mol. The number of thioether (sulfide) groups is 1. The van der Waals surface area contributed by atoms with Gasteiger partial charge in [0.05, 0.1) is 27.9 Å². The Morgan fingerprint density at radius 2 is 1.52 bits per heavy atom. The van der Waals surface area contributed by atoms with E-state index in [2.05, 4.69) is 5.32 Å². The van der Waals surface area contributed by atoms with E-state index in [0.717, 1.165) is 50.1 Å². The van der Waals surface area contributed by atoms with Crippen molar-refractivity contribution < 1.29 is 9.18 Å². The number of amides is 1. The van der Waals surface area contributed by atoms with Crippen LogP contribution in [0.25, 0.3) is 0 Å². The van der Waals surface area contributed by atoms with Gasteiger partial charge in [-0.2, -0.15) is 0 Å². The molecule has 0 bridgehead atoms. The number of aryl methyl sites for hydroxylation is 4. The van der Waals surface area contributed by atoms with E-state index in [4.69, 9.17) is 9.98 Å². The summed E-state index contributed by atoms with van der Waals surface area (Å²) in [5.41, 5.74) is 8.59. The summed E-state index contributed by atoms with van der Waals surface area (Å²) in [5.74, 6) is -0.135. The molecule has 1 N–H and O–H groups in total. The van der Waals surface area contributed by atoms with Crippen LogP contribution in [0.4, 0.5) is 21.5 Å². The molecule has 3 aromatic rings. The molecule has 3 aromatic carbocycles. The molecule has 0 unspecified atom stereocenters. The van der Waals surface area contributed by atoms with Crippen LogP contribution in [0.3, 0.4) is 0 Å². The predicted octanol–water partition coefficient (Wildman–Crippen LogP) is 6.99. The topological polar surface area (TPSA) is 53.8 Å². The van der Waals surface area contributed by atoms with E-state index in [0.29, 0.717) is 6.42 Å². The quantitative estimate of drug-likeness (QED) is 0.457. The SMILES string of the molecule is Cc1ccc(NC(=O)CSC2=Nc3cc(C)c(C)cc3N=C(c3ccc(F)cc3)C2)cc1C. The van der Waals surface area contributed by atoms with Crippen LogP contribution in [-0.4, -0.2) is 22.4 Å². The number of hydrogen-bond acceptors (Lipinski definition) is 4. The number of nitrogens with one attached hydrogen (secondary N) is 1. The van der Waals surface area contributed by atoms with Gasteiger partial charge in [0.1, 0.15) is 5.82 Å². The van der Waals surface area contributed by atoms with Gasteiger partial charge >= 0.3 is 0 Å². The van der Waals surface area contributed by atoms with Crippen molar-refractivity contribution >= 4 is 45.5 Å². The molecule has 0 atom stereocenters. The lowest BCUT2D eigenvalue weighted by Gasteiger charge is -2.09. The lowest BCUT2D eigenvalue weighted by atomic mass is 10.1. The molecule has 6 heteroatoms. The highest BCUT2D eigenvalue weighted by Gasteiger charge is 2.18. The summed E-state index contributed by atoms with van der Waals surface area (Å²) in [5, 5.41) is 3.76. The van der Waals surface area contributed by atoms with Gasteiger partial charge in [0.25, 0.3) is 0 Å². The van der Waals surface area contributed by atoms with Crippen LogP contribution in [0.1, 0.15) is 34.2 Å². The maximum Gasteiger partial charge on any atom is 0.234 e. The monoisotopic (exact) mass is 459 g/mol. The molecule has 1 aliphatic heterocycles. The normalized spacial score (nSPS) is 13.0. The molecule has 0 saturated carbocycles. The zero-order chi connectivity index (χ0) is 23.5.